The number of hydrogen-bond acceptors (Lipinski definition) is 20. The highest BCUT2D eigenvalue weighted by molar-refractivity contribution is 8.77. The average molecular weight is 1520 g/mol. The van der Waals surface area contributed by atoms with E-state index in [1.54, 1.807) is 60.8 Å². The third kappa shape index (κ3) is 23.6. The van der Waals surface area contributed by atoms with Gasteiger partial charge in [0.05, 0.1) is 36.1 Å². The highest BCUT2D eigenvalue weighted by Crippen LogP contribution is 2.31. The first-order chi connectivity index (χ1) is 51.6. The van der Waals surface area contributed by atoms with Gasteiger partial charge in [-0.25, -0.2) is 15.0 Å². The van der Waals surface area contributed by atoms with Crippen molar-refractivity contribution < 1.29 is 57.5 Å². The number of carbonyl (C=O) groups is 12. The summed E-state index contributed by atoms with van der Waals surface area (Å²) in [5, 5.41) is 39.9. The number of nitrogens with two attached hydrogens (primary N) is 3. The van der Waals surface area contributed by atoms with Gasteiger partial charge in [0.25, 0.3) is 5.91 Å². The van der Waals surface area contributed by atoms with Gasteiger partial charge < -0.3 is 106 Å². The van der Waals surface area contributed by atoms with E-state index in [4.69, 9.17) is 22.6 Å². The summed E-state index contributed by atoms with van der Waals surface area (Å²) in [6, 6.07) is -0.485. The van der Waals surface area contributed by atoms with Crippen LogP contribution in [0.1, 0.15) is 99.3 Å². The van der Waals surface area contributed by atoms with E-state index < -0.39 is 148 Å². The summed E-state index contributed by atoms with van der Waals surface area (Å²) < 4.78 is 0. The quantitative estimate of drug-likeness (QED) is 0.0140. The van der Waals surface area contributed by atoms with Crippen molar-refractivity contribution >= 4 is 109 Å². The molecule has 574 valence electrons. The van der Waals surface area contributed by atoms with Crippen molar-refractivity contribution in [2.75, 3.05) is 31.9 Å². The van der Waals surface area contributed by atoms with Crippen molar-refractivity contribution in [2.45, 2.75) is 175 Å². The first kappa shape index (κ1) is 80.2. The molecular weight excluding hydrogens is 1420 g/mol. The number of aromatic amines is 4. The summed E-state index contributed by atoms with van der Waals surface area (Å²) >= 11 is 0. The van der Waals surface area contributed by atoms with Gasteiger partial charge in [0.2, 0.25) is 65.0 Å². The lowest BCUT2D eigenvalue weighted by molar-refractivity contribution is -0.141. The first-order valence-corrected chi connectivity index (χ1v) is 38.0. The van der Waals surface area contributed by atoms with E-state index in [0.29, 0.717) is 75.6 Å². The minimum absolute atomic E-state index is 0.00151. The summed E-state index contributed by atoms with van der Waals surface area (Å²) in [5.41, 5.74) is 20.1. The first-order valence-electron chi connectivity index (χ1n) is 35.6. The highest BCUT2D eigenvalue weighted by Gasteiger charge is 2.43. The Kier molecular flexibility index (Phi) is 30.0. The number of hydrogen-bond donors (Lipinski definition) is 20. The van der Waals surface area contributed by atoms with Crippen LogP contribution in [0.2, 0.25) is 0 Å². The van der Waals surface area contributed by atoms with E-state index in [1.165, 1.54) is 49.4 Å². The monoisotopic (exact) mass is 1510 g/mol. The smallest absolute Gasteiger partial charge is 0.257 e. The summed E-state index contributed by atoms with van der Waals surface area (Å²) in [6.07, 6.45) is 10.7. The Morgan fingerprint density at radius 3 is 1.49 bits per heavy atom. The molecule has 1 unspecified atom stereocenters. The Hall–Kier alpha value is -10.9. The van der Waals surface area contributed by atoms with Crippen molar-refractivity contribution in [1.82, 2.24) is 104 Å². The van der Waals surface area contributed by atoms with Crippen LogP contribution in [0.4, 0.5) is 0 Å². The molecule has 0 saturated carbocycles. The fourth-order valence-electron chi connectivity index (χ4n) is 12.6. The van der Waals surface area contributed by atoms with Crippen molar-refractivity contribution in [3.05, 3.63) is 127 Å². The molecule has 23 N–H and O–H groups in total. The second-order valence-corrected chi connectivity index (χ2v) is 28.9. The van der Waals surface area contributed by atoms with Gasteiger partial charge in [0, 0.05) is 86.6 Å². The normalized spacial score (nSPS) is 24.8. The Balaban J connectivity index is 1.17. The Morgan fingerprint density at radius 1 is 0.505 bits per heavy atom. The summed E-state index contributed by atoms with van der Waals surface area (Å²) in [7, 11) is 1.50. The number of benzene rings is 2. The summed E-state index contributed by atoms with van der Waals surface area (Å²) in [6.45, 7) is 1.72. The summed E-state index contributed by atoms with van der Waals surface area (Å²) in [5.74, 6) is -11.5. The molecule has 38 heteroatoms. The molecule has 2 aromatic carbocycles. The molecule has 36 nitrogen and oxygen atoms in total. The zero-order valence-electron chi connectivity index (χ0n) is 59.0. The van der Waals surface area contributed by atoms with Gasteiger partial charge in [-0.05, 0) is 101 Å². The number of nitrogens with zero attached hydrogens (tertiary/aromatic N) is 4. The topological polar surface area (TPSA) is 556 Å². The summed E-state index contributed by atoms with van der Waals surface area (Å²) in [4.78, 5) is 207. The molecule has 12 atom stereocenters. The molecule has 3 aliphatic rings. The standard InChI is InChI=1S/C69H94N24O12S2/c1-38-56(94)86-51(27-41-31-74-35-79-41)62(100)85-47(18-8-10-22-71)58(96)83-46(17-7-9-21-70)57(95)84-48(19-11-23-77-69(72)73)59(97)92-67-68(105)93-24-12-20-55(93)66(104)90-53(29-43-33-76-37-81-43)64(102)87-49(25-39-13-3-2-4-14-39)60(98)89-52(28-42-32-75-36-80-42)63(101)88-50(26-40-30-78-45-16-6-5-15-44(40)45)61(99)91-54(34-106-107-67)65(103)82-38/h2-6,13-16,30-33,35-38,46-55,67,78H,7-12,17-29,34,70-71H2,1H3,(H,74,79)(H,75,80)(H,76,81)(H,82,103)(H,83,96)(H,84,95)(H,85,100)(H,86,94)(H,87,102)(H,88,101)(H,89,98)(H,90,104)(H,91,99)(H,92,97)(H4,72,73,77)/t38-,46-,47-,48-,49+,50-,51-,52-,53-,54-,55-,67?/m0/s1. The Bertz CT molecular complexity index is 4020. The van der Waals surface area contributed by atoms with Crippen molar-refractivity contribution in [3.63, 3.8) is 0 Å². The molecule has 2 bridgehead atoms. The van der Waals surface area contributed by atoms with Crippen LogP contribution in [-0.2, 0) is 89.6 Å². The molecule has 4 aromatic heterocycles. The molecule has 0 radical (unpaired) electrons. The molecule has 0 spiro atoms. The molecule has 107 heavy (non-hydrogen) atoms. The molecule has 0 aliphatic carbocycles. The number of amides is 12. The minimum Gasteiger partial charge on any atom is -0.370 e. The minimum atomic E-state index is -1.71. The van der Waals surface area contributed by atoms with Crippen molar-refractivity contribution in [1.29, 1.82) is 5.41 Å². The highest BCUT2D eigenvalue weighted by atomic mass is 33.1. The van der Waals surface area contributed by atoms with Gasteiger partial charge in [-0.1, -0.05) is 70.1 Å². The SMILES string of the molecule is C[C@@H]1NC(=O)[C@@H]2CSSC(NC(=O)[C@H](CCCNC(=N)N)NC(=O)[C@H](CCCCN)NC(=O)[C@H](CCCCN)NC(=O)[C@H](Cc3c[nH]cn3)NC1=O)C(=O)N1CCC[C@H]1C(=O)N[C@@H](Cc1c[nH]cn1)C(=O)N[C@H](Cc1ccccc1)C(=O)N[C@@H](Cc1c[nH]cn1)C(=O)N[C@@H](Cc1c[nH]c3ccccc13)C(=O)N2. The fourth-order valence-corrected chi connectivity index (χ4v) is 15.0. The Morgan fingerprint density at radius 2 is 0.963 bits per heavy atom. The number of carbonyl (C=O) groups excluding carboxylic acids is 12. The second-order valence-electron chi connectivity index (χ2n) is 26.3. The van der Waals surface area contributed by atoms with Crippen molar-refractivity contribution in [3.8, 4) is 0 Å². The number of unbranched alkanes of at least 4 members (excludes halogenated alkanes) is 2. The molecule has 7 heterocycles. The van der Waals surface area contributed by atoms with Crippen LogP contribution in [0.25, 0.3) is 10.9 Å². The van der Waals surface area contributed by atoms with E-state index in [9.17, 15) is 19.2 Å². The van der Waals surface area contributed by atoms with Crippen LogP contribution in [-0.4, -0.2) is 220 Å². The third-order valence-electron chi connectivity index (χ3n) is 18.3. The van der Waals surface area contributed by atoms with Gasteiger partial charge in [0.15, 0.2) is 11.3 Å². The predicted octanol–water partition coefficient (Wildman–Crippen LogP) is -2.92. The molecule has 12 amide bonds. The lowest BCUT2D eigenvalue weighted by Crippen LogP contribution is -2.62. The number of nitrogens with one attached hydrogen (secondary N) is 17. The fraction of sp³-hybridized carbons (Fsp3) is 0.478. The van der Waals surface area contributed by atoms with Gasteiger partial charge in [-0.2, -0.15) is 0 Å². The van der Waals surface area contributed by atoms with Crippen LogP contribution >= 0.6 is 21.6 Å². The van der Waals surface area contributed by atoms with Crippen LogP contribution < -0.4 is 81.0 Å². The van der Waals surface area contributed by atoms with Crippen molar-refractivity contribution in [2.24, 2.45) is 17.2 Å². The number of guanidine groups is 1. The average Bonchev–Trinajstić information content (AvgIpc) is 1.74. The van der Waals surface area contributed by atoms with Gasteiger partial charge in [-0.3, -0.25) is 62.9 Å². The molecule has 3 fully saturated rings. The number of aromatic nitrogens is 7. The lowest BCUT2D eigenvalue weighted by Gasteiger charge is -2.31. The third-order valence-corrected chi connectivity index (χ3v) is 20.9. The maximum atomic E-state index is 15.7. The molecular formula is C69H94N24O12S2. The molecule has 6 aromatic rings. The maximum absolute atomic E-state index is 15.7. The predicted molar refractivity (Wildman–Crippen MR) is 396 cm³/mol. The second kappa shape index (κ2) is 40.0. The number of rotatable bonds is 22. The van der Waals surface area contributed by atoms with Crippen LogP contribution in [0.3, 0.4) is 0 Å². The van der Waals surface area contributed by atoms with Gasteiger partial charge >= 0.3 is 0 Å². The Labute approximate surface area is 623 Å². The number of para-hydroxylation sites is 1. The zero-order valence-corrected chi connectivity index (χ0v) is 60.7. The van der Waals surface area contributed by atoms with E-state index >= 15 is 38.4 Å². The van der Waals surface area contributed by atoms with E-state index in [2.05, 4.69) is 98.7 Å². The zero-order chi connectivity index (χ0) is 76.4. The maximum Gasteiger partial charge on any atom is 0.257 e. The molecule has 3 saturated heterocycles. The van der Waals surface area contributed by atoms with Crippen LogP contribution in [0.15, 0.2) is 98.4 Å². The molecule has 3 aliphatic heterocycles. The van der Waals surface area contributed by atoms with E-state index in [-0.39, 0.29) is 103 Å². The van der Waals surface area contributed by atoms with E-state index in [1.807, 2.05) is 0 Å². The number of imidazole rings is 3. The number of H-pyrrole nitrogens is 4. The lowest BCUT2D eigenvalue weighted by atomic mass is 10.0. The largest absolute Gasteiger partial charge is 0.370 e. The van der Waals surface area contributed by atoms with Crippen LogP contribution in [0.5, 0.6) is 0 Å². The number of fused-ring (bicyclic) bond motifs is 6. The van der Waals surface area contributed by atoms with Gasteiger partial charge in [-0.15, -0.1) is 0 Å². The van der Waals surface area contributed by atoms with Gasteiger partial charge in [0.1, 0.15) is 66.5 Å². The van der Waals surface area contributed by atoms with Crippen LogP contribution in [0, 0.1) is 5.41 Å². The molecule has 9 rings (SSSR count). The van der Waals surface area contributed by atoms with E-state index in [0.717, 1.165) is 10.8 Å².